The van der Waals surface area contributed by atoms with E-state index in [2.05, 4.69) is 71.0 Å². The second-order valence-electron chi connectivity index (χ2n) is 13.5. The van der Waals surface area contributed by atoms with Crippen molar-refractivity contribution in [1.29, 1.82) is 5.26 Å². The maximum atomic E-state index is 10.3. The lowest BCUT2D eigenvalue weighted by Crippen LogP contribution is -2.04. The fourth-order valence-corrected chi connectivity index (χ4v) is 6.37. The van der Waals surface area contributed by atoms with Gasteiger partial charge in [-0.3, -0.25) is 0 Å². The van der Waals surface area contributed by atoms with Crippen molar-refractivity contribution in [2.24, 2.45) is 0 Å². The van der Waals surface area contributed by atoms with E-state index in [-0.39, 0.29) is 0 Å². The molecule has 0 aromatic heterocycles. The first kappa shape index (κ1) is 38.9. The highest BCUT2D eigenvalue weighted by atomic mass is 16.5. The molecule has 6 nitrogen and oxygen atoms in total. The van der Waals surface area contributed by atoms with Gasteiger partial charge in [-0.25, -0.2) is 0 Å². The van der Waals surface area contributed by atoms with E-state index in [9.17, 15) is 5.26 Å². The molecular weight excluding hydrogens is 622 g/mol. The summed E-state index contributed by atoms with van der Waals surface area (Å²) >= 11 is 0. The Labute approximate surface area is 301 Å². The minimum absolute atomic E-state index is 0.534. The predicted octanol–water partition coefficient (Wildman–Crippen LogP) is 12.9. The molecule has 0 aliphatic rings. The lowest BCUT2D eigenvalue weighted by Gasteiger charge is -2.20. The summed E-state index contributed by atoms with van der Waals surface area (Å²) in [6.45, 7) is 14.1. The van der Waals surface area contributed by atoms with Gasteiger partial charge in [-0.05, 0) is 101 Å². The third-order valence-electron chi connectivity index (χ3n) is 9.31. The van der Waals surface area contributed by atoms with Gasteiger partial charge in [0.05, 0.1) is 38.6 Å². The topological polar surface area (TPSA) is 69.9 Å². The van der Waals surface area contributed by atoms with Crippen LogP contribution in [0.3, 0.4) is 0 Å². The number of nitrogens with zero attached hydrogens (tertiary/aromatic N) is 1. The first-order valence-corrected chi connectivity index (χ1v) is 19.7. The van der Waals surface area contributed by atoms with E-state index >= 15 is 0 Å². The normalized spacial score (nSPS) is 11.3. The van der Waals surface area contributed by atoms with Crippen LogP contribution in [0, 0.1) is 11.3 Å². The molecule has 0 aliphatic heterocycles. The van der Waals surface area contributed by atoms with E-state index < -0.39 is 0 Å². The zero-order valence-electron chi connectivity index (χ0n) is 31.6. The van der Waals surface area contributed by atoms with E-state index in [0.717, 1.165) is 152 Å². The van der Waals surface area contributed by atoms with Crippen LogP contribution in [0.1, 0.15) is 136 Å². The molecule has 0 bridgehead atoms. The zero-order chi connectivity index (χ0) is 35.6. The molecule has 0 N–H and O–H groups in total. The summed E-state index contributed by atoms with van der Waals surface area (Å²) in [5, 5.41) is 16.4. The van der Waals surface area contributed by atoms with E-state index in [4.69, 9.17) is 23.7 Å². The summed E-state index contributed by atoms with van der Waals surface area (Å²) < 4.78 is 32.1. The van der Waals surface area contributed by atoms with Gasteiger partial charge >= 0.3 is 0 Å². The molecule has 0 heterocycles. The Morgan fingerprint density at radius 1 is 0.360 bits per heavy atom. The Morgan fingerprint density at radius 2 is 0.600 bits per heavy atom. The maximum absolute atomic E-state index is 10.3. The van der Waals surface area contributed by atoms with Gasteiger partial charge in [0.1, 0.15) is 11.8 Å². The molecule has 0 unspecified atom stereocenters. The van der Waals surface area contributed by atoms with Crippen LogP contribution in [-0.4, -0.2) is 33.0 Å². The maximum Gasteiger partial charge on any atom is 0.161 e. The monoisotopic (exact) mass is 683 g/mol. The number of unbranched alkanes of at least 4 members (excludes halogenated alkanes) is 10. The van der Waals surface area contributed by atoms with Gasteiger partial charge < -0.3 is 23.7 Å². The first-order chi connectivity index (χ1) is 24.6. The van der Waals surface area contributed by atoms with E-state index in [1.165, 1.54) is 0 Å². The smallest absolute Gasteiger partial charge is 0.161 e. The number of rotatable bonds is 25. The highest BCUT2D eigenvalue weighted by Gasteiger charge is 2.20. The molecule has 0 amide bonds. The number of hydrogen-bond acceptors (Lipinski definition) is 6. The third kappa shape index (κ3) is 10.6. The Balaban J connectivity index is 1.98. The van der Waals surface area contributed by atoms with Crippen LogP contribution in [0.25, 0.3) is 32.3 Å². The molecule has 272 valence electrons. The molecule has 0 radical (unpaired) electrons. The minimum atomic E-state index is 0.534. The number of benzene rings is 4. The number of ether oxygens (including phenoxy) is 5. The van der Waals surface area contributed by atoms with Gasteiger partial charge in [0.25, 0.3) is 0 Å². The predicted molar refractivity (Wildman–Crippen MR) is 209 cm³/mol. The summed E-state index contributed by atoms with van der Waals surface area (Å²) in [5.41, 5.74) is 0.534. The van der Waals surface area contributed by atoms with Gasteiger partial charge in [-0.2, -0.15) is 5.26 Å². The van der Waals surface area contributed by atoms with Gasteiger partial charge in [0.2, 0.25) is 0 Å². The Kier molecular flexibility index (Phi) is 16.7. The van der Waals surface area contributed by atoms with Crippen LogP contribution < -0.4 is 23.7 Å². The minimum Gasteiger partial charge on any atom is -0.492 e. The average Bonchev–Trinajstić information content (AvgIpc) is 3.14. The van der Waals surface area contributed by atoms with E-state index in [1.807, 2.05) is 6.07 Å². The van der Waals surface area contributed by atoms with Crippen molar-refractivity contribution in [1.82, 2.24) is 0 Å². The van der Waals surface area contributed by atoms with Crippen molar-refractivity contribution in [2.45, 2.75) is 131 Å². The van der Waals surface area contributed by atoms with Crippen LogP contribution in [0.2, 0.25) is 0 Å². The van der Waals surface area contributed by atoms with E-state index in [1.54, 1.807) is 0 Å². The molecule has 0 aliphatic carbocycles. The van der Waals surface area contributed by atoms with Gasteiger partial charge in [-0.15, -0.1) is 0 Å². The summed E-state index contributed by atoms with van der Waals surface area (Å²) in [6.07, 6.45) is 16.1. The fraction of sp³-hybridized carbons (Fsp3) is 0.568. The van der Waals surface area contributed by atoms with Crippen LogP contribution in [-0.2, 0) is 0 Å². The van der Waals surface area contributed by atoms with Gasteiger partial charge in [0, 0.05) is 0 Å². The second-order valence-corrected chi connectivity index (χ2v) is 13.5. The Hall–Kier alpha value is -3.85. The summed E-state index contributed by atoms with van der Waals surface area (Å²) in [5.74, 6) is 3.64. The Morgan fingerprint density at radius 3 is 0.860 bits per heavy atom. The van der Waals surface area contributed by atoms with Crippen molar-refractivity contribution in [3.8, 4) is 34.8 Å². The van der Waals surface area contributed by atoms with Gasteiger partial charge in [0.15, 0.2) is 23.0 Å². The van der Waals surface area contributed by atoms with E-state index in [0.29, 0.717) is 44.3 Å². The SMILES string of the molecule is CCCCCOc1cc2c(cc1C#N)c1cc(OCCCCC)c(OCCCCC)cc1c1cc(OCCCCC)c(OCCCCC)cc21. The highest BCUT2D eigenvalue weighted by Crippen LogP contribution is 2.46. The first-order valence-electron chi connectivity index (χ1n) is 19.7. The molecule has 50 heavy (non-hydrogen) atoms. The number of nitriles is 1. The molecule has 0 atom stereocenters. The molecule has 0 spiro atoms. The summed E-state index contributed by atoms with van der Waals surface area (Å²) in [6, 6.07) is 15.0. The van der Waals surface area contributed by atoms with Gasteiger partial charge in [-0.1, -0.05) is 98.8 Å². The largest absolute Gasteiger partial charge is 0.492 e. The fourth-order valence-electron chi connectivity index (χ4n) is 6.37. The lowest BCUT2D eigenvalue weighted by molar-refractivity contribution is 0.260. The van der Waals surface area contributed by atoms with Crippen molar-refractivity contribution in [3.05, 3.63) is 42.0 Å². The van der Waals surface area contributed by atoms with Crippen LogP contribution in [0.4, 0.5) is 0 Å². The van der Waals surface area contributed by atoms with Crippen molar-refractivity contribution >= 4 is 32.3 Å². The lowest BCUT2D eigenvalue weighted by atomic mass is 9.92. The van der Waals surface area contributed by atoms with Crippen molar-refractivity contribution in [2.75, 3.05) is 33.0 Å². The zero-order valence-corrected chi connectivity index (χ0v) is 31.6. The van der Waals surface area contributed by atoms with Crippen molar-refractivity contribution in [3.63, 3.8) is 0 Å². The molecule has 0 saturated heterocycles. The van der Waals surface area contributed by atoms with Crippen molar-refractivity contribution < 1.29 is 23.7 Å². The molecule has 4 rings (SSSR count). The summed E-state index contributed by atoms with van der Waals surface area (Å²) in [4.78, 5) is 0. The number of fused-ring (bicyclic) bond motifs is 6. The molecule has 4 aromatic carbocycles. The highest BCUT2D eigenvalue weighted by molar-refractivity contribution is 6.26. The molecule has 4 aromatic rings. The van der Waals surface area contributed by atoms with Crippen LogP contribution in [0.5, 0.6) is 28.7 Å². The molecule has 0 saturated carbocycles. The third-order valence-corrected chi connectivity index (χ3v) is 9.31. The van der Waals surface area contributed by atoms with Crippen LogP contribution in [0.15, 0.2) is 36.4 Å². The second kappa shape index (κ2) is 21.4. The quantitative estimate of drug-likeness (QED) is 0.0511. The standard InChI is InChI=1S/C44H61NO5/c1-6-11-16-21-46-40-27-35-34(26-33(40)32-45)36-28-41(47-22-17-12-7-2)43(49-24-19-14-9-4)30-38(36)39-31-44(50-25-20-15-10-5)42(29-37(35)39)48-23-18-13-8-3/h26-31H,6-25H2,1-5H3. The number of hydrogen-bond donors (Lipinski definition) is 0. The van der Waals surface area contributed by atoms with Crippen LogP contribution >= 0.6 is 0 Å². The molecule has 0 fully saturated rings. The summed E-state index contributed by atoms with van der Waals surface area (Å²) in [7, 11) is 0. The molecule has 6 heteroatoms. The molecular formula is C44H61NO5. The average molecular weight is 684 g/mol. The Bertz CT molecular complexity index is 1630.